The lowest BCUT2D eigenvalue weighted by Gasteiger charge is -2.44. The highest BCUT2D eigenvalue weighted by molar-refractivity contribution is 5.45. The molecule has 1 aliphatic rings. The molecular weight excluding hydrogens is 248 g/mol. The summed E-state index contributed by atoms with van der Waals surface area (Å²) < 4.78 is 11.9. The van der Waals surface area contributed by atoms with E-state index in [1.165, 1.54) is 11.1 Å². The molecule has 3 rings (SSSR count). The first-order chi connectivity index (χ1) is 9.82. The summed E-state index contributed by atoms with van der Waals surface area (Å²) in [4.78, 5) is 0. The van der Waals surface area contributed by atoms with E-state index in [0.29, 0.717) is 0 Å². The van der Waals surface area contributed by atoms with Crippen LogP contribution in [0.5, 0.6) is 0 Å². The number of fused-ring (bicyclic) bond motifs is 1. The van der Waals surface area contributed by atoms with Crippen LogP contribution < -0.4 is 0 Å². The third-order valence-corrected chi connectivity index (χ3v) is 4.36. The third kappa shape index (κ3) is 1.88. The SMILES string of the molecule is COC1CCc2ccccc2C1(OC)c1ccccc1. The molecule has 2 aromatic carbocycles. The van der Waals surface area contributed by atoms with Crippen molar-refractivity contribution in [2.75, 3.05) is 14.2 Å². The zero-order valence-corrected chi connectivity index (χ0v) is 12.0. The average Bonchev–Trinajstić information content (AvgIpc) is 2.54. The number of methoxy groups -OCH3 is 2. The summed E-state index contributed by atoms with van der Waals surface area (Å²) in [6.07, 6.45) is 2.04. The highest BCUT2D eigenvalue weighted by Gasteiger charge is 2.46. The van der Waals surface area contributed by atoms with Crippen LogP contribution in [-0.4, -0.2) is 20.3 Å². The van der Waals surface area contributed by atoms with Crippen LogP contribution >= 0.6 is 0 Å². The Balaban J connectivity index is 2.25. The van der Waals surface area contributed by atoms with Gasteiger partial charge in [0.1, 0.15) is 5.60 Å². The Labute approximate surface area is 120 Å². The van der Waals surface area contributed by atoms with E-state index in [1.54, 1.807) is 14.2 Å². The number of aryl methyl sites for hydroxylation is 1. The van der Waals surface area contributed by atoms with Crippen molar-refractivity contribution in [3.8, 4) is 0 Å². The molecule has 0 N–H and O–H groups in total. The topological polar surface area (TPSA) is 18.5 Å². The summed E-state index contributed by atoms with van der Waals surface area (Å²) in [5.74, 6) is 0. The molecular formula is C18H20O2. The first-order valence-corrected chi connectivity index (χ1v) is 7.04. The summed E-state index contributed by atoms with van der Waals surface area (Å²) in [6.45, 7) is 0. The van der Waals surface area contributed by atoms with E-state index in [1.807, 2.05) is 6.07 Å². The molecule has 0 spiro atoms. The maximum absolute atomic E-state index is 6.07. The van der Waals surface area contributed by atoms with E-state index in [2.05, 4.69) is 48.5 Å². The van der Waals surface area contributed by atoms with Crippen molar-refractivity contribution < 1.29 is 9.47 Å². The molecule has 0 heterocycles. The summed E-state index contributed by atoms with van der Waals surface area (Å²) in [5, 5.41) is 0. The zero-order valence-electron chi connectivity index (χ0n) is 12.0. The highest BCUT2D eigenvalue weighted by atomic mass is 16.5. The van der Waals surface area contributed by atoms with Crippen LogP contribution in [0, 0.1) is 0 Å². The van der Waals surface area contributed by atoms with E-state index >= 15 is 0 Å². The minimum absolute atomic E-state index is 0.0322. The fourth-order valence-corrected chi connectivity index (χ4v) is 3.43. The van der Waals surface area contributed by atoms with Crippen molar-refractivity contribution in [2.45, 2.75) is 24.5 Å². The van der Waals surface area contributed by atoms with Gasteiger partial charge in [-0.1, -0.05) is 54.6 Å². The molecule has 2 atom stereocenters. The Bertz CT molecular complexity index is 579. The molecule has 0 amide bonds. The first-order valence-electron chi connectivity index (χ1n) is 7.04. The largest absolute Gasteiger partial charge is 0.378 e. The molecule has 104 valence electrons. The van der Waals surface area contributed by atoms with E-state index in [-0.39, 0.29) is 6.10 Å². The molecule has 2 nitrogen and oxygen atoms in total. The molecule has 0 fully saturated rings. The molecule has 20 heavy (non-hydrogen) atoms. The van der Waals surface area contributed by atoms with Gasteiger partial charge < -0.3 is 9.47 Å². The maximum Gasteiger partial charge on any atom is 0.144 e. The lowest BCUT2D eigenvalue weighted by atomic mass is 9.73. The van der Waals surface area contributed by atoms with Crippen LogP contribution in [0.1, 0.15) is 23.1 Å². The Morgan fingerprint density at radius 1 is 0.950 bits per heavy atom. The van der Waals surface area contributed by atoms with E-state index in [0.717, 1.165) is 18.4 Å². The summed E-state index contributed by atoms with van der Waals surface area (Å²) in [6, 6.07) is 18.9. The smallest absolute Gasteiger partial charge is 0.144 e. The van der Waals surface area contributed by atoms with E-state index < -0.39 is 5.60 Å². The molecule has 0 radical (unpaired) electrons. The Kier molecular flexibility index (Phi) is 3.60. The molecule has 2 unspecified atom stereocenters. The Morgan fingerprint density at radius 3 is 2.35 bits per heavy atom. The van der Waals surface area contributed by atoms with Gasteiger partial charge in [-0.3, -0.25) is 0 Å². The number of hydrogen-bond donors (Lipinski definition) is 0. The maximum atomic E-state index is 6.07. The molecule has 0 bridgehead atoms. The van der Waals surface area contributed by atoms with E-state index in [9.17, 15) is 0 Å². The van der Waals surface area contributed by atoms with Crippen molar-refractivity contribution in [2.24, 2.45) is 0 Å². The van der Waals surface area contributed by atoms with Crippen molar-refractivity contribution in [1.29, 1.82) is 0 Å². The van der Waals surface area contributed by atoms with Crippen LogP contribution in [0.15, 0.2) is 54.6 Å². The first kappa shape index (κ1) is 13.3. The van der Waals surface area contributed by atoms with Crippen molar-refractivity contribution >= 4 is 0 Å². The fourth-order valence-electron chi connectivity index (χ4n) is 3.43. The van der Waals surface area contributed by atoms with Crippen LogP contribution in [0.2, 0.25) is 0 Å². The predicted octanol–water partition coefficient (Wildman–Crippen LogP) is 3.54. The molecule has 2 heteroatoms. The monoisotopic (exact) mass is 268 g/mol. The van der Waals surface area contributed by atoms with Crippen molar-refractivity contribution in [1.82, 2.24) is 0 Å². The van der Waals surface area contributed by atoms with Gasteiger partial charge in [0, 0.05) is 14.2 Å². The summed E-state index contributed by atoms with van der Waals surface area (Å²) in [5.41, 5.74) is 3.23. The van der Waals surface area contributed by atoms with Crippen LogP contribution in [-0.2, 0) is 21.5 Å². The molecule has 0 aromatic heterocycles. The molecule has 2 aromatic rings. The van der Waals surface area contributed by atoms with Gasteiger partial charge in [-0.25, -0.2) is 0 Å². The van der Waals surface area contributed by atoms with Gasteiger partial charge in [-0.2, -0.15) is 0 Å². The number of ether oxygens (including phenoxy) is 2. The molecule has 0 saturated carbocycles. The van der Waals surface area contributed by atoms with Gasteiger partial charge in [0.2, 0.25) is 0 Å². The van der Waals surface area contributed by atoms with Gasteiger partial charge >= 0.3 is 0 Å². The number of rotatable bonds is 3. The predicted molar refractivity (Wildman–Crippen MR) is 79.8 cm³/mol. The van der Waals surface area contributed by atoms with Crippen LogP contribution in [0.25, 0.3) is 0 Å². The number of benzene rings is 2. The van der Waals surface area contributed by atoms with E-state index in [4.69, 9.17) is 9.47 Å². The fraction of sp³-hybridized carbons (Fsp3) is 0.333. The molecule has 1 aliphatic carbocycles. The minimum atomic E-state index is -0.509. The zero-order chi connectivity index (χ0) is 14.0. The normalized spacial score (nSPS) is 25.2. The highest BCUT2D eigenvalue weighted by Crippen LogP contribution is 2.44. The Morgan fingerprint density at radius 2 is 1.65 bits per heavy atom. The summed E-state index contributed by atoms with van der Waals surface area (Å²) in [7, 11) is 3.55. The third-order valence-electron chi connectivity index (χ3n) is 4.36. The quantitative estimate of drug-likeness (QED) is 0.847. The molecule has 0 aliphatic heterocycles. The second-order valence-corrected chi connectivity index (χ2v) is 5.23. The van der Waals surface area contributed by atoms with Gasteiger partial charge in [-0.15, -0.1) is 0 Å². The average molecular weight is 268 g/mol. The van der Waals surface area contributed by atoms with Gasteiger partial charge in [0.25, 0.3) is 0 Å². The Hall–Kier alpha value is -1.64. The van der Waals surface area contributed by atoms with Crippen LogP contribution in [0.4, 0.5) is 0 Å². The minimum Gasteiger partial charge on any atom is -0.378 e. The molecule has 0 saturated heterocycles. The lowest BCUT2D eigenvalue weighted by Crippen LogP contribution is -2.47. The van der Waals surface area contributed by atoms with Gasteiger partial charge in [0.05, 0.1) is 6.10 Å². The van der Waals surface area contributed by atoms with Crippen molar-refractivity contribution in [3.63, 3.8) is 0 Å². The van der Waals surface area contributed by atoms with Crippen molar-refractivity contribution in [3.05, 3.63) is 71.3 Å². The van der Waals surface area contributed by atoms with Gasteiger partial charge in [-0.05, 0) is 29.5 Å². The standard InChI is InChI=1S/C18H20O2/c1-19-17-13-12-14-8-6-7-11-16(14)18(17,20-2)15-9-4-3-5-10-15/h3-11,17H,12-13H2,1-2H3. The second-order valence-electron chi connectivity index (χ2n) is 5.23. The summed E-state index contributed by atoms with van der Waals surface area (Å²) >= 11 is 0. The second kappa shape index (κ2) is 5.39. The lowest BCUT2D eigenvalue weighted by molar-refractivity contribution is -0.105. The van der Waals surface area contributed by atoms with Gasteiger partial charge in [0.15, 0.2) is 0 Å². The van der Waals surface area contributed by atoms with Crippen LogP contribution in [0.3, 0.4) is 0 Å². The number of hydrogen-bond acceptors (Lipinski definition) is 2.